The minimum absolute atomic E-state index is 0.168. The molecule has 160 valence electrons. The summed E-state index contributed by atoms with van der Waals surface area (Å²) in [6.45, 7) is 2.91. The number of amides is 3. The molecule has 0 bridgehead atoms. The van der Waals surface area contributed by atoms with E-state index in [1.165, 1.54) is 0 Å². The topological polar surface area (TPSA) is 114 Å². The lowest BCUT2D eigenvalue weighted by Crippen LogP contribution is -2.49. The molecule has 3 amide bonds. The maximum Gasteiger partial charge on any atom is 0.312 e. The molecule has 1 saturated heterocycles. The predicted octanol–water partition coefficient (Wildman–Crippen LogP) is 1.12. The van der Waals surface area contributed by atoms with Gasteiger partial charge in [-0.15, -0.1) is 0 Å². The zero-order chi connectivity index (χ0) is 21.1. The highest BCUT2D eigenvalue weighted by Crippen LogP contribution is 2.20. The molecule has 0 saturated carbocycles. The fourth-order valence-electron chi connectivity index (χ4n) is 3.10. The predicted molar refractivity (Wildman–Crippen MR) is 109 cm³/mol. The molecule has 0 aromatic heterocycles. The van der Waals surface area contributed by atoms with Gasteiger partial charge < -0.3 is 30.3 Å². The summed E-state index contributed by atoms with van der Waals surface area (Å²) < 4.78 is 10.3. The maximum atomic E-state index is 12.3. The minimum Gasteiger partial charge on any atom is -0.497 e. The number of primary amides is 1. The van der Waals surface area contributed by atoms with Crippen LogP contribution in [0.15, 0.2) is 24.3 Å². The van der Waals surface area contributed by atoms with Gasteiger partial charge >= 0.3 is 12.0 Å². The van der Waals surface area contributed by atoms with Crippen LogP contribution in [-0.4, -0.2) is 69.2 Å². The van der Waals surface area contributed by atoms with Gasteiger partial charge in [-0.3, -0.25) is 9.59 Å². The molecule has 1 aliphatic heterocycles. The van der Waals surface area contributed by atoms with Gasteiger partial charge in [-0.1, -0.05) is 6.42 Å². The Morgan fingerprint density at radius 3 is 2.34 bits per heavy atom. The number of anilines is 1. The lowest BCUT2D eigenvalue weighted by molar-refractivity contribution is -0.152. The number of hydrogen-bond acceptors (Lipinski definition) is 6. The molecule has 0 spiro atoms. The summed E-state index contributed by atoms with van der Waals surface area (Å²) in [5, 5.41) is 2.49. The molecule has 9 heteroatoms. The lowest BCUT2D eigenvalue weighted by Gasteiger charge is -2.36. The molecule has 1 aromatic carbocycles. The first-order valence-electron chi connectivity index (χ1n) is 9.85. The van der Waals surface area contributed by atoms with Crippen LogP contribution in [0.1, 0.15) is 25.7 Å². The van der Waals surface area contributed by atoms with Crippen molar-refractivity contribution in [2.24, 2.45) is 5.73 Å². The fourth-order valence-corrected chi connectivity index (χ4v) is 3.10. The molecule has 0 atom stereocenters. The highest BCUT2D eigenvalue weighted by atomic mass is 16.5. The number of piperazine rings is 1. The van der Waals surface area contributed by atoms with Crippen molar-refractivity contribution in [3.63, 3.8) is 0 Å². The number of rotatable bonds is 10. The Bertz CT molecular complexity index is 672. The molecule has 1 aliphatic rings. The van der Waals surface area contributed by atoms with Gasteiger partial charge in [0, 0.05) is 44.8 Å². The molecule has 1 fully saturated rings. The number of nitrogens with zero attached hydrogens (tertiary/aromatic N) is 2. The van der Waals surface area contributed by atoms with Crippen molar-refractivity contribution in [1.29, 1.82) is 0 Å². The average molecular weight is 406 g/mol. The Morgan fingerprint density at radius 2 is 1.72 bits per heavy atom. The van der Waals surface area contributed by atoms with Gasteiger partial charge in [0.2, 0.25) is 0 Å². The van der Waals surface area contributed by atoms with Gasteiger partial charge in [0.25, 0.3) is 5.91 Å². The molecule has 0 aliphatic carbocycles. The van der Waals surface area contributed by atoms with E-state index in [0.717, 1.165) is 37.4 Å². The smallest absolute Gasteiger partial charge is 0.312 e. The maximum absolute atomic E-state index is 12.3. The van der Waals surface area contributed by atoms with E-state index in [1.807, 2.05) is 24.3 Å². The number of carbonyl (C=O) groups is 3. The Labute approximate surface area is 171 Å². The van der Waals surface area contributed by atoms with Gasteiger partial charge in [0.05, 0.1) is 7.11 Å². The van der Waals surface area contributed by atoms with Crippen LogP contribution in [0.4, 0.5) is 10.5 Å². The monoisotopic (exact) mass is 406 g/mol. The number of esters is 1. The Hall–Kier alpha value is -2.97. The van der Waals surface area contributed by atoms with Gasteiger partial charge in [-0.2, -0.15) is 0 Å². The number of nitrogens with two attached hydrogens (primary N) is 1. The Balaban J connectivity index is 1.60. The molecule has 3 N–H and O–H groups in total. The Kier molecular flexibility index (Phi) is 9.07. The van der Waals surface area contributed by atoms with Gasteiger partial charge in [0.1, 0.15) is 5.75 Å². The van der Waals surface area contributed by atoms with Gasteiger partial charge in [0.15, 0.2) is 6.61 Å². The summed E-state index contributed by atoms with van der Waals surface area (Å²) >= 11 is 0. The van der Waals surface area contributed by atoms with Crippen LogP contribution in [0, 0.1) is 0 Å². The van der Waals surface area contributed by atoms with Gasteiger partial charge in [-0.05, 0) is 37.1 Å². The molecule has 9 nitrogen and oxygen atoms in total. The normalized spacial score (nSPS) is 13.7. The minimum atomic E-state index is -0.548. The summed E-state index contributed by atoms with van der Waals surface area (Å²) in [5.41, 5.74) is 6.06. The molecule has 0 radical (unpaired) electrons. The SMILES string of the molecule is COc1ccc(N2CCN(C(=O)COC(=O)CCCCCNC(N)=O)CC2)cc1. The van der Waals surface area contributed by atoms with E-state index in [1.54, 1.807) is 12.0 Å². The zero-order valence-electron chi connectivity index (χ0n) is 16.9. The number of urea groups is 1. The third-order valence-corrected chi connectivity index (χ3v) is 4.78. The number of ether oxygens (including phenoxy) is 2. The van der Waals surface area contributed by atoms with Gasteiger partial charge in [-0.25, -0.2) is 4.79 Å². The third-order valence-electron chi connectivity index (χ3n) is 4.78. The van der Waals surface area contributed by atoms with Crippen molar-refractivity contribution < 1.29 is 23.9 Å². The largest absolute Gasteiger partial charge is 0.497 e. The number of nitrogens with one attached hydrogen (secondary N) is 1. The quantitative estimate of drug-likeness (QED) is 0.444. The van der Waals surface area contributed by atoms with Crippen LogP contribution >= 0.6 is 0 Å². The Morgan fingerprint density at radius 1 is 1.03 bits per heavy atom. The van der Waals surface area contributed by atoms with Crippen molar-refractivity contribution in [3.05, 3.63) is 24.3 Å². The van der Waals surface area contributed by atoms with Crippen LogP contribution in [-0.2, 0) is 14.3 Å². The van der Waals surface area contributed by atoms with E-state index in [-0.39, 0.29) is 24.9 Å². The van der Waals surface area contributed by atoms with E-state index in [2.05, 4.69) is 10.2 Å². The van der Waals surface area contributed by atoms with E-state index >= 15 is 0 Å². The fraction of sp³-hybridized carbons (Fsp3) is 0.550. The molecular formula is C20H30N4O5. The van der Waals surface area contributed by atoms with Crippen molar-refractivity contribution in [3.8, 4) is 5.75 Å². The summed E-state index contributed by atoms with van der Waals surface area (Å²) in [6.07, 6.45) is 2.42. The third kappa shape index (κ3) is 7.89. The van der Waals surface area contributed by atoms with E-state index in [0.29, 0.717) is 26.1 Å². The van der Waals surface area contributed by atoms with Crippen LogP contribution < -0.4 is 20.7 Å². The number of benzene rings is 1. The molecule has 1 heterocycles. The summed E-state index contributed by atoms with van der Waals surface area (Å²) in [7, 11) is 1.64. The summed E-state index contributed by atoms with van der Waals surface area (Å²) in [4.78, 5) is 38.5. The molecular weight excluding hydrogens is 376 g/mol. The molecule has 0 unspecified atom stereocenters. The van der Waals surface area contributed by atoms with E-state index in [4.69, 9.17) is 15.2 Å². The highest BCUT2D eigenvalue weighted by molar-refractivity contribution is 5.81. The second-order valence-corrected chi connectivity index (χ2v) is 6.83. The van der Waals surface area contributed by atoms with E-state index in [9.17, 15) is 14.4 Å². The number of methoxy groups -OCH3 is 1. The lowest BCUT2D eigenvalue weighted by atomic mass is 10.2. The van der Waals surface area contributed by atoms with Crippen LogP contribution in [0.3, 0.4) is 0 Å². The first-order valence-corrected chi connectivity index (χ1v) is 9.85. The first-order chi connectivity index (χ1) is 14.0. The average Bonchev–Trinajstić information content (AvgIpc) is 2.74. The number of unbranched alkanes of at least 4 members (excludes halogenated alkanes) is 2. The van der Waals surface area contributed by atoms with Crippen LogP contribution in [0.2, 0.25) is 0 Å². The first kappa shape index (κ1) is 22.3. The standard InChI is InChI=1S/C20H30N4O5/c1-28-17-8-6-16(7-9-17)23-11-13-24(14-12-23)18(25)15-29-19(26)5-3-2-4-10-22-20(21)27/h6-9H,2-5,10-15H2,1H3,(H3,21,22,27). The second kappa shape index (κ2) is 11.8. The van der Waals surface area contributed by atoms with Crippen LogP contribution in [0.25, 0.3) is 0 Å². The van der Waals surface area contributed by atoms with Crippen LogP contribution in [0.5, 0.6) is 5.75 Å². The molecule has 2 rings (SSSR count). The summed E-state index contributed by atoms with van der Waals surface area (Å²) in [5.74, 6) is 0.267. The molecule has 29 heavy (non-hydrogen) atoms. The zero-order valence-corrected chi connectivity index (χ0v) is 16.9. The summed E-state index contributed by atoms with van der Waals surface area (Å²) in [6, 6.07) is 7.29. The molecule has 1 aromatic rings. The number of carbonyl (C=O) groups excluding carboxylic acids is 3. The van der Waals surface area contributed by atoms with E-state index < -0.39 is 6.03 Å². The number of hydrogen-bond donors (Lipinski definition) is 2. The van der Waals surface area contributed by atoms with Crippen molar-refractivity contribution >= 4 is 23.6 Å². The van der Waals surface area contributed by atoms with Crippen molar-refractivity contribution in [1.82, 2.24) is 10.2 Å². The van der Waals surface area contributed by atoms with Crippen molar-refractivity contribution in [2.45, 2.75) is 25.7 Å². The highest BCUT2D eigenvalue weighted by Gasteiger charge is 2.22. The van der Waals surface area contributed by atoms with Crippen molar-refractivity contribution in [2.75, 3.05) is 51.3 Å². The second-order valence-electron chi connectivity index (χ2n) is 6.83.